The first kappa shape index (κ1) is 16.5. The maximum Gasteiger partial charge on any atom is 0.416 e. The van der Waals surface area contributed by atoms with Gasteiger partial charge in [0.05, 0.1) is 18.1 Å². The van der Waals surface area contributed by atoms with E-state index in [1.165, 1.54) is 18.2 Å². The number of esters is 1. The standard InChI is InChI=1S/C16H17F3O3/c1-2-22-15(21)12-9-11(12)14(20)8-7-10-5-3-4-6-13(10)16(17,18)19/h3-6,11-12H,2,7-9H2,1H3/t11-,12-/m0/s1. The highest BCUT2D eigenvalue weighted by atomic mass is 19.4. The topological polar surface area (TPSA) is 43.4 Å². The van der Waals surface area contributed by atoms with Crippen molar-refractivity contribution in [1.82, 2.24) is 0 Å². The molecule has 0 aromatic heterocycles. The second-order valence-corrected chi connectivity index (χ2v) is 5.32. The van der Waals surface area contributed by atoms with Crippen LogP contribution in [0, 0.1) is 11.8 Å². The number of hydrogen-bond acceptors (Lipinski definition) is 3. The van der Waals surface area contributed by atoms with E-state index in [9.17, 15) is 22.8 Å². The lowest BCUT2D eigenvalue weighted by Gasteiger charge is -2.12. The molecule has 1 aromatic rings. The molecule has 0 N–H and O–H groups in total. The lowest BCUT2D eigenvalue weighted by Crippen LogP contribution is -2.13. The highest BCUT2D eigenvalue weighted by Gasteiger charge is 2.48. The van der Waals surface area contributed by atoms with E-state index in [1.54, 1.807) is 6.92 Å². The highest BCUT2D eigenvalue weighted by Crippen LogP contribution is 2.41. The Morgan fingerprint density at radius 2 is 1.91 bits per heavy atom. The Bertz CT molecular complexity index is 566. The van der Waals surface area contributed by atoms with Gasteiger partial charge < -0.3 is 4.74 Å². The van der Waals surface area contributed by atoms with Gasteiger partial charge in [-0.15, -0.1) is 0 Å². The van der Waals surface area contributed by atoms with Crippen LogP contribution in [0.3, 0.4) is 0 Å². The number of rotatable bonds is 6. The fourth-order valence-electron chi connectivity index (χ4n) is 2.52. The third-order valence-electron chi connectivity index (χ3n) is 3.76. The number of benzene rings is 1. The fourth-order valence-corrected chi connectivity index (χ4v) is 2.52. The predicted molar refractivity (Wildman–Crippen MR) is 73.0 cm³/mol. The van der Waals surface area contributed by atoms with Gasteiger partial charge in [0, 0.05) is 12.3 Å². The number of hydrogen-bond donors (Lipinski definition) is 0. The van der Waals surface area contributed by atoms with Crippen LogP contribution in [0.2, 0.25) is 0 Å². The summed E-state index contributed by atoms with van der Waals surface area (Å²) in [5, 5.41) is 0. The van der Waals surface area contributed by atoms with Crippen molar-refractivity contribution in [3.8, 4) is 0 Å². The lowest BCUT2D eigenvalue weighted by molar-refractivity contribution is -0.145. The van der Waals surface area contributed by atoms with E-state index in [1.807, 2.05) is 0 Å². The Kier molecular flexibility index (Phi) is 4.88. The zero-order chi connectivity index (χ0) is 16.3. The summed E-state index contributed by atoms with van der Waals surface area (Å²) >= 11 is 0. The smallest absolute Gasteiger partial charge is 0.416 e. The van der Waals surface area contributed by atoms with Gasteiger partial charge in [-0.05, 0) is 31.4 Å². The quantitative estimate of drug-likeness (QED) is 0.756. The van der Waals surface area contributed by atoms with Crippen molar-refractivity contribution >= 4 is 11.8 Å². The third-order valence-corrected chi connectivity index (χ3v) is 3.76. The Morgan fingerprint density at radius 3 is 2.55 bits per heavy atom. The van der Waals surface area contributed by atoms with E-state index in [2.05, 4.69) is 0 Å². The third kappa shape index (κ3) is 3.87. The van der Waals surface area contributed by atoms with Crippen LogP contribution in [0.15, 0.2) is 24.3 Å². The van der Waals surface area contributed by atoms with Gasteiger partial charge in [-0.3, -0.25) is 9.59 Å². The van der Waals surface area contributed by atoms with Crippen LogP contribution < -0.4 is 0 Å². The van der Waals surface area contributed by atoms with Crippen LogP contribution in [0.1, 0.15) is 30.9 Å². The number of Topliss-reactive ketones (excluding diaryl/α,β-unsaturated/α-hetero) is 1. The molecule has 1 fully saturated rings. The van der Waals surface area contributed by atoms with Crippen LogP contribution in [0.25, 0.3) is 0 Å². The Labute approximate surface area is 126 Å². The molecule has 2 rings (SSSR count). The summed E-state index contributed by atoms with van der Waals surface area (Å²) in [6, 6.07) is 5.24. The molecule has 22 heavy (non-hydrogen) atoms. The molecule has 1 aliphatic rings. The summed E-state index contributed by atoms with van der Waals surface area (Å²) in [4.78, 5) is 23.4. The molecule has 0 heterocycles. The zero-order valence-electron chi connectivity index (χ0n) is 12.2. The first-order valence-corrected chi connectivity index (χ1v) is 7.19. The molecule has 0 saturated heterocycles. The van der Waals surface area contributed by atoms with Crippen LogP contribution in [-0.4, -0.2) is 18.4 Å². The Hall–Kier alpha value is -1.85. The SMILES string of the molecule is CCOC(=O)[C@H]1C[C@@H]1C(=O)CCc1ccccc1C(F)(F)F. The monoisotopic (exact) mass is 314 g/mol. The molecule has 0 amide bonds. The maximum atomic E-state index is 12.9. The number of carbonyl (C=O) groups is 2. The Morgan fingerprint density at radius 1 is 1.23 bits per heavy atom. The summed E-state index contributed by atoms with van der Waals surface area (Å²) in [5.74, 6) is -1.37. The van der Waals surface area contributed by atoms with Gasteiger partial charge in [0.15, 0.2) is 0 Å². The normalized spacial score (nSPS) is 20.5. The number of ether oxygens (including phenoxy) is 1. The molecule has 0 aliphatic heterocycles. The lowest BCUT2D eigenvalue weighted by atomic mass is 9.99. The van der Waals surface area contributed by atoms with Crippen LogP contribution in [0.4, 0.5) is 13.2 Å². The molecule has 0 spiro atoms. The van der Waals surface area contributed by atoms with Crippen molar-refractivity contribution in [2.45, 2.75) is 32.4 Å². The van der Waals surface area contributed by atoms with Crippen molar-refractivity contribution in [2.75, 3.05) is 6.61 Å². The van der Waals surface area contributed by atoms with Crippen molar-refractivity contribution in [2.24, 2.45) is 11.8 Å². The minimum absolute atomic E-state index is 0.00760. The van der Waals surface area contributed by atoms with Gasteiger partial charge in [0.1, 0.15) is 5.78 Å². The van der Waals surface area contributed by atoms with E-state index in [-0.39, 0.29) is 30.8 Å². The number of alkyl halides is 3. The molecular weight excluding hydrogens is 297 g/mol. The highest BCUT2D eigenvalue weighted by molar-refractivity contribution is 5.91. The number of halogens is 3. The molecule has 3 nitrogen and oxygen atoms in total. The molecule has 2 atom stereocenters. The molecular formula is C16H17F3O3. The molecule has 1 saturated carbocycles. The number of aryl methyl sites for hydroxylation is 1. The second-order valence-electron chi connectivity index (χ2n) is 5.32. The van der Waals surface area contributed by atoms with E-state index < -0.39 is 29.5 Å². The van der Waals surface area contributed by atoms with E-state index in [0.29, 0.717) is 6.42 Å². The minimum atomic E-state index is -4.42. The largest absolute Gasteiger partial charge is 0.466 e. The zero-order valence-corrected chi connectivity index (χ0v) is 12.2. The van der Waals surface area contributed by atoms with Crippen LogP contribution in [0.5, 0.6) is 0 Å². The summed E-state index contributed by atoms with van der Waals surface area (Å²) in [5.41, 5.74) is -0.600. The molecule has 6 heteroatoms. The van der Waals surface area contributed by atoms with Gasteiger partial charge >= 0.3 is 12.1 Å². The average molecular weight is 314 g/mol. The van der Waals surface area contributed by atoms with Gasteiger partial charge in [0.2, 0.25) is 0 Å². The number of carbonyl (C=O) groups excluding carboxylic acids is 2. The van der Waals surface area contributed by atoms with Crippen molar-refractivity contribution < 1.29 is 27.5 Å². The molecule has 0 radical (unpaired) electrons. The average Bonchev–Trinajstić information content (AvgIpc) is 3.25. The van der Waals surface area contributed by atoms with E-state index >= 15 is 0 Å². The van der Waals surface area contributed by atoms with Crippen molar-refractivity contribution in [1.29, 1.82) is 0 Å². The van der Waals surface area contributed by atoms with Crippen LogP contribution >= 0.6 is 0 Å². The molecule has 0 bridgehead atoms. The van der Waals surface area contributed by atoms with Gasteiger partial charge in [-0.25, -0.2) is 0 Å². The van der Waals surface area contributed by atoms with Gasteiger partial charge in [0.25, 0.3) is 0 Å². The van der Waals surface area contributed by atoms with Gasteiger partial charge in [-0.1, -0.05) is 18.2 Å². The molecule has 120 valence electrons. The van der Waals surface area contributed by atoms with Gasteiger partial charge in [-0.2, -0.15) is 13.2 Å². The molecule has 0 unspecified atom stereocenters. The Balaban J connectivity index is 1.92. The first-order chi connectivity index (χ1) is 10.3. The van der Waals surface area contributed by atoms with Crippen molar-refractivity contribution in [3.63, 3.8) is 0 Å². The first-order valence-electron chi connectivity index (χ1n) is 7.19. The maximum absolute atomic E-state index is 12.9. The number of ketones is 1. The van der Waals surface area contributed by atoms with Crippen LogP contribution in [-0.2, 0) is 26.9 Å². The summed E-state index contributed by atoms with van der Waals surface area (Å²) < 4.78 is 43.4. The molecule has 1 aliphatic carbocycles. The summed E-state index contributed by atoms with van der Waals surface area (Å²) in [7, 11) is 0. The summed E-state index contributed by atoms with van der Waals surface area (Å²) in [6.45, 7) is 1.94. The fraction of sp³-hybridized carbons (Fsp3) is 0.500. The summed E-state index contributed by atoms with van der Waals surface area (Å²) in [6.07, 6.45) is -3.94. The minimum Gasteiger partial charge on any atom is -0.466 e. The molecule has 1 aromatic carbocycles. The van der Waals surface area contributed by atoms with E-state index in [4.69, 9.17) is 4.74 Å². The van der Waals surface area contributed by atoms with Crippen molar-refractivity contribution in [3.05, 3.63) is 35.4 Å². The predicted octanol–water partition coefficient (Wildman–Crippen LogP) is 3.41. The van der Waals surface area contributed by atoms with E-state index in [0.717, 1.165) is 6.07 Å². The second kappa shape index (κ2) is 6.50.